The van der Waals surface area contributed by atoms with Crippen LogP contribution in [0, 0.1) is 5.92 Å². The molecule has 3 aromatic rings. The Morgan fingerprint density at radius 2 is 2.07 bits per heavy atom. The van der Waals surface area contributed by atoms with E-state index in [0.29, 0.717) is 29.7 Å². The van der Waals surface area contributed by atoms with E-state index in [1.54, 1.807) is 24.3 Å². The molecule has 2 N–H and O–H groups in total. The summed E-state index contributed by atoms with van der Waals surface area (Å²) in [5, 5.41) is 13.3. The summed E-state index contributed by atoms with van der Waals surface area (Å²) < 4.78 is 11.0. The number of aromatic nitrogens is 5. The molecule has 2 aromatic heterocycles. The molecule has 0 fully saturated rings. The van der Waals surface area contributed by atoms with Crippen molar-refractivity contribution < 1.29 is 14.1 Å². The molecule has 0 aliphatic rings. The fourth-order valence-electron chi connectivity index (χ4n) is 2.55. The summed E-state index contributed by atoms with van der Waals surface area (Å²) in [6, 6.07) is 6.63. The topological polar surface area (TPSA) is 119 Å². The Balaban J connectivity index is 1.68. The van der Waals surface area contributed by atoms with Gasteiger partial charge in [-0.2, -0.15) is 10.1 Å². The predicted octanol–water partition coefficient (Wildman–Crippen LogP) is 3.16. The van der Waals surface area contributed by atoms with E-state index in [1.807, 2.05) is 13.8 Å². The van der Waals surface area contributed by atoms with Crippen LogP contribution in [0.1, 0.15) is 55.9 Å². The lowest BCUT2D eigenvalue weighted by atomic mass is 10.0. The van der Waals surface area contributed by atoms with E-state index in [-0.39, 0.29) is 11.8 Å². The van der Waals surface area contributed by atoms with Crippen molar-refractivity contribution in [2.75, 3.05) is 6.61 Å². The summed E-state index contributed by atoms with van der Waals surface area (Å²) in [6.07, 6.45) is 3.44. The van der Waals surface area contributed by atoms with Gasteiger partial charge in [0.25, 0.3) is 5.91 Å². The quantitative estimate of drug-likeness (QED) is 0.544. The lowest BCUT2D eigenvalue weighted by Gasteiger charge is -2.18. The summed E-state index contributed by atoms with van der Waals surface area (Å²) in [6.45, 7) is 6.71. The molecule has 0 radical (unpaired) electrons. The summed E-state index contributed by atoms with van der Waals surface area (Å²) >= 11 is 0. The first-order valence-electron chi connectivity index (χ1n) is 9.31. The number of benzene rings is 1. The highest BCUT2D eigenvalue weighted by Gasteiger charge is 2.26. The normalized spacial score (nSPS) is 12.1. The Kier molecular flexibility index (Phi) is 6.36. The summed E-state index contributed by atoms with van der Waals surface area (Å²) in [4.78, 5) is 21.0. The zero-order valence-electron chi connectivity index (χ0n) is 16.2. The number of amides is 1. The number of carbonyl (C=O) groups excluding carboxylic acids is 1. The van der Waals surface area contributed by atoms with Gasteiger partial charge in [0.15, 0.2) is 5.82 Å². The van der Waals surface area contributed by atoms with Crippen molar-refractivity contribution in [3.8, 4) is 17.4 Å². The zero-order valence-corrected chi connectivity index (χ0v) is 16.2. The third kappa shape index (κ3) is 4.73. The van der Waals surface area contributed by atoms with Gasteiger partial charge in [-0.15, -0.1) is 0 Å². The maximum absolute atomic E-state index is 12.7. The summed E-state index contributed by atoms with van der Waals surface area (Å²) in [7, 11) is 0. The van der Waals surface area contributed by atoms with Gasteiger partial charge in [-0.3, -0.25) is 9.89 Å². The number of rotatable bonds is 9. The van der Waals surface area contributed by atoms with Crippen LogP contribution in [0.25, 0.3) is 11.6 Å². The highest BCUT2D eigenvalue weighted by Crippen LogP contribution is 2.23. The van der Waals surface area contributed by atoms with Gasteiger partial charge in [-0.25, -0.2) is 4.98 Å². The standard InChI is InChI=1S/C19H24N6O3/c1-4-5-10-27-14-8-6-13(7-9-14)18(26)22-15(12(2)3)19-23-17(25-28-19)16-20-11-21-24-16/h6-9,11-12,15H,4-5,10H2,1-3H3,(H,22,26)(H,20,21,24). The van der Waals surface area contributed by atoms with Crippen molar-refractivity contribution in [2.24, 2.45) is 5.92 Å². The second-order valence-electron chi connectivity index (χ2n) is 6.71. The Labute approximate surface area is 162 Å². The molecule has 0 saturated carbocycles. The number of nitrogens with zero attached hydrogens (tertiary/aromatic N) is 4. The Hall–Kier alpha value is -3.23. The van der Waals surface area contributed by atoms with Crippen LogP contribution in [0.3, 0.4) is 0 Å². The molecule has 9 nitrogen and oxygen atoms in total. The maximum Gasteiger partial charge on any atom is 0.251 e. The minimum Gasteiger partial charge on any atom is -0.494 e. The minimum atomic E-state index is -0.433. The van der Waals surface area contributed by atoms with Crippen molar-refractivity contribution in [1.29, 1.82) is 0 Å². The van der Waals surface area contributed by atoms with Crippen LogP contribution in [0.5, 0.6) is 5.75 Å². The van der Waals surface area contributed by atoms with Crippen molar-refractivity contribution >= 4 is 5.91 Å². The molecule has 0 spiro atoms. The number of hydrogen-bond acceptors (Lipinski definition) is 7. The van der Waals surface area contributed by atoms with Crippen molar-refractivity contribution in [3.05, 3.63) is 42.0 Å². The number of H-pyrrole nitrogens is 1. The molecule has 0 aliphatic heterocycles. The average Bonchev–Trinajstić information content (AvgIpc) is 3.38. The van der Waals surface area contributed by atoms with E-state index in [1.165, 1.54) is 6.33 Å². The van der Waals surface area contributed by atoms with Crippen LogP contribution in [0.2, 0.25) is 0 Å². The van der Waals surface area contributed by atoms with Crippen LogP contribution in [0.4, 0.5) is 0 Å². The van der Waals surface area contributed by atoms with Crippen molar-refractivity contribution in [3.63, 3.8) is 0 Å². The van der Waals surface area contributed by atoms with Gasteiger partial charge in [0, 0.05) is 5.56 Å². The maximum atomic E-state index is 12.7. The SMILES string of the molecule is CCCCOc1ccc(C(=O)NC(c2nc(-c3ncn[nH]3)no2)C(C)C)cc1. The molecule has 2 heterocycles. The Morgan fingerprint density at radius 1 is 1.29 bits per heavy atom. The third-order valence-electron chi connectivity index (χ3n) is 4.17. The fourth-order valence-corrected chi connectivity index (χ4v) is 2.55. The number of ether oxygens (including phenoxy) is 1. The molecule has 0 saturated heterocycles. The largest absolute Gasteiger partial charge is 0.494 e. The number of nitrogens with one attached hydrogen (secondary N) is 2. The lowest BCUT2D eigenvalue weighted by Crippen LogP contribution is -2.32. The third-order valence-corrected chi connectivity index (χ3v) is 4.17. The number of unbranched alkanes of at least 4 members (excludes halogenated alkanes) is 1. The average molecular weight is 384 g/mol. The van der Waals surface area contributed by atoms with Crippen LogP contribution in [-0.2, 0) is 0 Å². The highest BCUT2D eigenvalue weighted by molar-refractivity contribution is 5.94. The van der Waals surface area contributed by atoms with Crippen LogP contribution < -0.4 is 10.1 Å². The van der Waals surface area contributed by atoms with E-state index >= 15 is 0 Å². The first-order valence-corrected chi connectivity index (χ1v) is 9.31. The Morgan fingerprint density at radius 3 is 2.71 bits per heavy atom. The highest BCUT2D eigenvalue weighted by atomic mass is 16.5. The van der Waals surface area contributed by atoms with E-state index in [4.69, 9.17) is 9.26 Å². The molecular formula is C19H24N6O3. The van der Waals surface area contributed by atoms with Gasteiger partial charge in [0.05, 0.1) is 6.61 Å². The number of carbonyl (C=O) groups is 1. The molecule has 148 valence electrons. The second kappa shape index (κ2) is 9.12. The van der Waals surface area contributed by atoms with Crippen LogP contribution >= 0.6 is 0 Å². The molecule has 0 bridgehead atoms. The Bertz CT molecular complexity index is 873. The van der Waals surface area contributed by atoms with E-state index in [2.05, 4.69) is 37.6 Å². The van der Waals surface area contributed by atoms with Crippen LogP contribution in [0.15, 0.2) is 35.1 Å². The smallest absolute Gasteiger partial charge is 0.251 e. The van der Waals surface area contributed by atoms with Gasteiger partial charge in [0.1, 0.15) is 18.1 Å². The van der Waals surface area contributed by atoms with E-state index < -0.39 is 6.04 Å². The summed E-state index contributed by atoms with van der Waals surface area (Å²) in [5.74, 6) is 1.58. The van der Waals surface area contributed by atoms with Gasteiger partial charge < -0.3 is 14.6 Å². The van der Waals surface area contributed by atoms with E-state index in [9.17, 15) is 4.79 Å². The first-order chi connectivity index (χ1) is 13.6. The second-order valence-corrected chi connectivity index (χ2v) is 6.71. The minimum absolute atomic E-state index is 0.0450. The lowest BCUT2D eigenvalue weighted by molar-refractivity contribution is 0.0914. The first kappa shape index (κ1) is 19.5. The molecule has 1 unspecified atom stereocenters. The van der Waals surface area contributed by atoms with Crippen molar-refractivity contribution in [1.82, 2.24) is 30.6 Å². The molecule has 9 heteroatoms. The molecule has 0 aliphatic carbocycles. The van der Waals surface area contributed by atoms with Gasteiger partial charge >= 0.3 is 0 Å². The fraction of sp³-hybridized carbons (Fsp3) is 0.421. The van der Waals surface area contributed by atoms with E-state index in [0.717, 1.165) is 18.6 Å². The summed E-state index contributed by atoms with van der Waals surface area (Å²) in [5.41, 5.74) is 0.531. The predicted molar refractivity (Wildman–Crippen MR) is 102 cm³/mol. The molecule has 1 aromatic carbocycles. The molecule has 1 amide bonds. The number of aromatic amines is 1. The van der Waals surface area contributed by atoms with Gasteiger partial charge in [-0.1, -0.05) is 32.3 Å². The van der Waals surface area contributed by atoms with Gasteiger partial charge in [0.2, 0.25) is 11.7 Å². The molecule has 28 heavy (non-hydrogen) atoms. The molecule has 1 atom stereocenters. The molecule has 3 rings (SSSR count). The molecular weight excluding hydrogens is 360 g/mol. The number of hydrogen-bond donors (Lipinski definition) is 2. The monoisotopic (exact) mass is 384 g/mol. The van der Waals surface area contributed by atoms with Crippen LogP contribution in [-0.4, -0.2) is 37.8 Å². The van der Waals surface area contributed by atoms with Crippen molar-refractivity contribution in [2.45, 2.75) is 39.7 Å². The zero-order chi connectivity index (χ0) is 19.9. The van der Waals surface area contributed by atoms with Gasteiger partial charge in [-0.05, 0) is 36.6 Å².